The van der Waals surface area contributed by atoms with Gasteiger partial charge in [-0.15, -0.1) is 0 Å². The van der Waals surface area contributed by atoms with E-state index in [1.54, 1.807) is 12.1 Å². The summed E-state index contributed by atoms with van der Waals surface area (Å²) in [4.78, 5) is 10.5. The lowest BCUT2D eigenvalue weighted by molar-refractivity contribution is -0.385. The summed E-state index contributed by atoms with van der Waals surface area (Å²) in [7, 11) is 0. The molecule has 0 fully saturated rings. The smallest absolute Gasteiger partial charge is 0.311 e. The van der Waals surface area contributed by atoms with Gasteiger partial charge in [-0.05, 0) is 25.1 Å². The molecular formula is C14H12BrClN2O3. The second kappa shape index (κ2) is 6.43. The molecule has 2 aromatic carbocycles. The first-order valence-electron chi connectivity index (χ1n) is 6.05. The van der Waals surface area contributed by atoms with Crippen LogP contribution in [-0.4, -0.2) is 4.92 Å². The van der Waals surface area contributed by atoms with Gasteiger partial charge in [0, 0.05) is 33.2 Å². The van der Waals surface area contributed by atoms with Crippen LogP contribution in [0.2, 0.25) is 5.02 Å². The maximum absolute atomic E-state index is 11.1. The Morgan fingerprint density at radius 2 is 2.00 bits per heavy atom. The Morgan fingerprint density at radius 3 is 2.62 bits per heavy atom. The Bertz CT molecular complexity index is 692. The molecule has 0 saturated carbocycles. The second-order valence-electron chi connectivity index (χ2n) is 4.44. The molecule has 0 aliphatic rings. The Morgan fingerprint density at radius 1 is 1.29 bits per heavy atom. The fourth-order valence-corrected chi connectivity index (χ4v) is 2.31. The van der Waals surface area contributed by atoms with Gasteiger partial charge in [-0.2, -0.15) is 0 Å². The zero-order valence-electron chi connectivity index (χ0n) is 11.0. The molecule has 2 rings (SSSR count). The van der Waals surface area contributed by atoms with E-state index in [0.29, 0.717) is 10.8 Å². The third-order valence-corrected chi connectivity index (χ3v) is 3.53. The third kappa shape index (κ3) is 3.72. The van der Waals surface area contributed by atoms with E-state index in [1.807, 2.05) is 13.0 Å². The van der Waals surface area contributed by atoms with Crippen LogP contribution < -0.4 is 10.5 Å². The molecule has 0 radical (unpaired) electrons. The number of nitrogens with zero attached hydrogens (tertiary/aromatic N) is 1. The molecule has 2 aromatic rings. The van der Waals surface area contributed by atoms with E-state index in [0.717, 1.165) is 10.0 Å². The maximum Gasteiger partial charge on any atom is 0.311 e. The van der Waals surface area contributed by atoms with Crippen LogP contribution in [0.25, 0.3) is 0 Å². The van der Waals surface area contributed by atoms with Gasteiger partial charge in [0.15, 0.2) is 0 Å². The lowest BCUT2D eigenvalue weighted by Crippen LogP contribution is -2.07. The lowest BCUT2D eigenvalue weighted by Gasteiger charge is -2.14. The van der Waals surface area contributed by atoms with Gasteiger partial charge in [0.2, 0.25) is 5.75 Å². The number of nitro benzene ring substituents is 1. The van der Waals surface area contributed by atoms with Crippen molar-refractivity contribution >= 4 is 33.2 Å². The topological polar surface area (TPSA) is 78.4 Å². The first-order chi connectivity index (χ1) is 9.88. The third-order valence-electron chi connectivity index (χ3n) is 2.80. The molecule has 0 heterocycles. The molecule has 1 unspecified atom stereocenters. The molecule has 1 atom stereocenters. The molecule has 0 aliphatic carbocycles. The Kier molecular flexibility index (Phi) is 4.82. The van der Waals surface area contributed by atoms with Crippen molar-refractivity contribution in [2.75, 3.05) is 0 Å². The first-order valence-corrected chi connectivity index (χ1v) is 7.22. The zero-order valence-corrected chi connectivity index (χ0v) is 13.4. The Hall–Kier alpha value is -1.63. The number of hydrogen-bond donors (Lipinski definition) is 1. The molecular weight excluding hydrogens is 360 g/mol. The summed E-state index contributed by atoms with van der Waals surface area (Å²) in [5.41, 5.74) is 6.48. The number of benzene rings is 2. The molecule has 0 aliphatic heterocycles. The van der Waals surface area contributed by atoms with Gasteiger partial charge < -0.3 is 10.5 Å². The SMILES string of the molecule is CC(N)c1ccc(Br)cc1Oc1cc(Cl)ccc1[N+](=O)[O-]. The summed E-state index contributed by atoms with van der Waals surface area (Å²) in [6.45, 7) is 1.81. The average Bonchev–Trinajstić information content (AvgIpc) is 2.38. The standard InChI is InChI=1S/C14H12BrClN2O3/c1-8(17)11-4-2-9(15)6-13(11)21-14-7-10(16)3-5-12(14)18(19)20/h2-8H,17H2,1H3. The fourth-order valence-electron chi connectivity index (χ4n) is 1.81. The predicted molar refractivity (Wildman–Crippen MR) is 84.9 cm³/mol. The molecule has 0 spiro atoms. The molecule has 110 valence electrons. The van der Waals surface area contributed by atoms with Gasteiger partial charge in [-0.1, -0.05) is 33.6 Å². The minimum Gasteiger partial charge on any atom is -0.450 e. The zero-order chi connectivity index (χ0) is 15.6. The van der Waals surface area contributed by atoms with Gasteiger partial charge in [-0.25, -0.2) is 0 Å². The van der Waals surface area contributed by atoms with Crippen LogP contribution >= 0.6 is 27.5 Å². The number of rotatable bonds is 4. The van der Waals surface area contributed by atoms with E-state index in [-0.39, 0.29) is 17.5 Å². The van der Waals surface area contributed by atoms with Crippen LogP contribution in [0.1, 0.15) is 18.5 Å². The highest BCUT2D eigenvalue weighted by molar-refractivity contribution is 9.10. The van der Waals surface area contributed by atoms with Crippen molar-refractivity contribution in [1.82, 2.24) is 0 Å². The lowest BCUT2D eigenvalue weighted by atomic mass is 10.1. The summed E-state index contributed by atoms with van der Waals surface area (Å²) in [6.07, 6.45) is 0. The summed E-state index contributed by atoms with van der Waals surface area (Å²) in [5, 5.41) is 11.4. The molecule has 0 bridgehead atoms. The molecule has 7 heteroatoms. The monoisotopic (exact) mass is 370 g/mol. The van der Waals surface area contributed by atoms with E-state index in [9.17, 15) is 10.1 Å². The Balaban J connectivity index is 2.49. The number of nitro groups is 1. The highest BCUT2D eigenvalue weighted by atomic mass is 79.9. The van der Waals surface area contributed by atoms with E-state index in [2.05, 4.69) is 15.9 Å². The van der Waals surface area contributed by atoms with Crippen molar-refractivity contribution in [1.29, 1.82) is 0 Å². The van der Waals surface area contributed by atoms with Crippen LogP contribution in [0.5, 0.6) is 11.5 Å². The minimum atomic E-state index is -0.519. The van der Waals surface area contributed by atoms with Gasteiger partial charge in [0.1, 0.15) is 5.75 Å². The quantitative estimate of drug-likeness (QED) is 0.617. The molecule has 21 heavy (non-hydrogen) atoms. The van der Waals surface area contributed by atoms with Crippen LogP contribution in [0.4, 0.5) is 5.69 Å². The summed E-state index contributed by atoms with van der Waals surface area (Å²) >= 11 is 9.22. The van der Waals surface area contributed by atoms with E-state index in [1.165, 1.54) is 18.2 Å². The largest absolute Gasteiger partial charge is 0.450 e. The number of ether oxygens (including phenoxy) is 1. The predicted octanol–water partition coefficient (Wildman–Crippen LogP) is 4.82. The van der Waals surface area contributed by atoms with Crippen LogP contribution in [0.15, 0.2) is 40.9 Å². The average molecular weight is 372 g/mol. The molecule has 5 nitrogen and oxygen atoms in total. The minimum absolute atomic E-state index is 0.0764. The molecule has 2 N–H and O–H groups in total. The highest BCUT2D eigenvalue weighted by Crippen LogP contribution is 2.37. The molecule has 0 aromatic heterocycles. The van der Waals surface area contributed by atoms with E-state index < -0.39 is 4.92 Å². The van der Waals surface area contributed by atoms with E-state index in [4.69, 9.17) is 22.1 Å². The number of nitrogens with two attached hydrogens (primary N) is 1. The summed E-state index contributed by atoms with van der Waals surface area (Å²) in [5.74, 6) is 0.525. The van der Waals surface area contributed by atoms with Gasteiger partial charge in [0.05, 0.1) is 4.92 Å². The first kappa shape index (κ1) is 15.8. The Labute approximate surface area is 134 Å². The second-order valence-corrected chi connectivity index (χ2v) is 5.79. The van der Waals surface area contributed by atoms with Gasteiger partial charge >= 0.3 is 5.69 Å². The maximum atomic E-state index is 11.1. The van der Waals surface area contributed by atoms with Crippen LogP contribution in [-0.2, 0) is 0 Å². The summed E-state index contributed by atoms with van der Waals surface area (Å²) in [6, 6.07) is 9.24. The highest BCUT2D eigenvalue weighted by Gasteiger charge is 2.18. The van der Waals surface area contributed by atoms with Crippen molar-refractivity contribution < 1.29 is 9.66 Å². The van der Waals surface area contributed by atoms with Crippen LogP contribution in [0.3, 0.4) is 0 Å². The van der Waals surface area contributed by atoms with Crippen LogP contribution in [0, 0.1) is 10.1 Å². The normalized spacial score (nSPS) is 12.0. The number of hydrogen-bond acceptors (Lipinski definition) is 4. The van der Waals surface area contributed by atoms with Crippen molar-refractivity contribution in [3.05, 3.63) is 61.6 Å². The van der Waals surface area contributed by atoms with Gasteiger partial charge in [0.25, 0.3) is 0 Å². The fraction of sp³-hybridized carbons (Fsp3) is 0.143. The number of halogens is 2. The van der Waals surface area contributed by atoms with E-state index >= 15 is 0 Å². The summed E-state index contributed by atoms with van der Waals surface area (Å²) < 4.78 is 6.47. The van der Waals surface area contributed by atoms with Gasteiger partial charge in [-0.3, -0.25) is 10.1 Å². The van der Waals surface area contributed by atoms with Crippen molar-refractivity contribution in [3.63, 3.8) is 0 Å². The van der Waals surface area contributed by atoms with Crippen molar-refractivity contribution in [2.24, 2.45) is 5.73 Å². The van der Waals surface area contributed by atoms with Crippen molar-refractivity contribution in [3.8, 4) is 11.5 Å². The van der Waals surface area contributed by atoms with Crippen molar-refractivity contribution in [2.45, 2.75) is 13.0 Å². The molecule has 0 amide bonds. The molecule has 0 saturated heterocycles.